The van der Waals surface area contributed by atoms with Crippen LogP contribution in [0.5, 0.6) is 0 Å². The molecule has 0 bridgehead atoms. The van der Waals surface area contributed by atoms with Crippen molar-refractivity contribution in [3.8, 4) is 6.07 Å². The zero-order chi connectivity index (χ0) is 17.6. The van der Waals surface area contributed by atoms with Crippen LogP contribution in [-0.2, 0) is 4.79 Å². The number of piperidine rings is 1. The van der Waals surface area contributed by atoms with Gasteiger partial charge in [0.2, 0.25) is 5.91 Å². The largest absolute Gasteiger partial charge is 0.371 e. The second-order valence-corrected chi connectivity index (χ2v) is 7.27. The van der Waals surface area contributed by atoms with Gasteiger partial charge >= 0.3 is 0 Å². The Bertz CT molecular complexity index is 622. The molecule has 1 aromatic rings. The molecular weight excluding hydrogens is 312 g/mol. The average Bonchev–Trinajstić information content (AvgIpc) is 2.88. The van der Waals surface area contributed by atoms with E-state index in [0.717, 1.165) is 57.8 Å². The van der Waals surface area contributed by atoms with E-state index in [2.05, 4.69) is 28.0 Å². The van der Waals surface area contributed by atoms with Crippen LogP contribution in [-0.4, -0.2) is 61.5 Å². The predicted molar refractivity (Wildman–Crippen MR) is 99.4 cm³/mol. The number of amides is 1. The first-order chi connectivity index (χ1) is 12.2. The molecule has 25 heavy (non-hydrogen) atoms. The normalized spacial score (nSPS) is 22.3. The van der Waals surface area contributed by atoms with Gasteiger partial charge in [-0.05, 0) is 56.0 Å². The number of anilines is 1. The maximum absolute atomic E-state index is 11.6. The van der Waals surface area contributed by atoms with Gasteiger partial charge in [-0.2, -0.15) is 5.26 Å². The fourth-order valence-electron chi connectivity index (χ4n) is 4.03. The van der Waals surface area contributed by atoms with Crippen LogP contribution >= 0.6 is 0 Å². The fraction of sp³-hybridized carbons (Fsp3) is 0.600. The van der Waals surface area contributed by atoms with Crippen molar-refractivity contribution in [3.63, 3.8) is 0 Å². The lowest BCUT2D eigenvalue weighted by molar-refractivity contribution is -0.128. The molecule has 3 rings (SSSR count). The van der Waals surface area contributed by atoms with Crippen LogP contribution in [0, 0.1) is 17.2 Å². The number of nitrogens with zero attached hydrogens (tertiary/aromatic N) is 4. The summed E-state index contributed by atoms with van der Waals surface area (Å²) in [7, 11) is 0. The lowest BCUT2D eigenvalue weighted by atomic mass is 9.96. The highest BCUT2D eigenvalue weighted by Gasteiger charge is 2.24. The van der Waals surface area contributed by atoms with Gasteiger partial charge in [0.1, 0.15) is 0 Å². The molecule has 2 saturated heterocycles. The van der Waals surface area contributed by atoms with Gasteiger partial charge in [-0.15, -0.1) is 0 Å². The molecule has 0 N–H and O–H groups in total. The second kappa shape index (κ2) is 8.35. The number of carbonyl (C=O) groups excluding carboxylic acids is 1. The first-order valence-electron chi connectivity index (χ1n) is 9.38. The monoisotopic (exact) mass is 340 g/mol. The number of carbonyl (C=O) groups is 1. The van der Waals surface area contributed by atoms with Crippen molar-refractivity contribution >= 4 is 11.6 Å². The highest BCUT2D eigenvalue weighted by molar-refractivity contribution is 5.73. The van der Waals surface area contributed by atoms with E-state index in [9.17, 15) is 4.79 Å². The summed E-state index contributed by atoms with van der Waals surface area (Å²) in [4.78, 5) is 18.5. The molecule has 0 aliphatic carbocycles. The number of hydrogen-bond donors (Lipinski definition) is 0. The highest BCUT2D eigenvalue weighted by Crippen LogP contribution is 2.24. The van der Waals surface area contributed by atoms with Crippen molar-refractivity contribution in [2.24, 2.45) is 5.92 Å². The Labute approximate surface area is 150 Å². The van der Waals surface area contributed by atoms with Gasteiger partial charge in [-0.3, -0.25) is 4.79 Å². The maximum Gasteiger partial charge on any atom is 0.219 e. The summed E-state index contributed by atoms with van der Waals surface area (Å²) in [5.41, 5.74) is 1.94. The van der Waals surface area contributed by atoms with Gasteiger partial charge in [0, 0.05) is 51.9 Å². The SMILES string of the molecule is CC(=O)N1CCCN(C[C@H]2CCCN(c3ccc(C#N)cc3)C2)CC1. The second-order valence-electron chi connectivity index (χ2n) is 7.27. The minimum Gasteiger partial charge on any atom is -0.371 e. The fourth-order valence-corrected chi connectivity index (χ4v) is 4.03. The van der Waals surface area contributed by atoms with Crippen LogP contribution in [0.2, 0.25) is 0 Å². The van der Waals surface area contributed by atoms with Crippen LogP contribution in [0.3, 0.4) is 0 Å². The standard InChI is InChI=1S/C20H28N4O/c1-17(25)23-11-3-9-22(12-13-23)15-19-4-2-10-24(16-19)20-7-5-18(14-21)6-8-20/h5-8,19H,2-4,9-13,15-16H2,1H3/t19-/m1/s1. The molecule has 2 heterocycles. The minimum atomic E-state index is 0.200. The molecule has 1 atom stereocenters. The highest BCUT2D eigenvalue weighted by atomic mass is 16.2. The molecular formula is C20H28N4O. The first kappa shape index (κ1) is 17.8. The molecule has 0 saturated carbocycles. The molecule has 2 aliphatic rings. The van der Waals surface area contributed by atoms with E-state index in [1.807, 2.05) is 17.0 Å². The van der Waals surface area contributed by atoms with Crippen LogP contribution in [0.15, 0.2) is 24.3 Å². The smallest absolute Gasteiger partial charge is 0.219 e. The zero-order valence-electron chi connectivity index (χ0n) is 15.2. The van der Waals surface area contributed by atoms with E-state index in [4.69, 9.17) is 5.26 Å². The third-order valence-corrected chi connectivity index (χ3v) is 5.43. The Morgan fingerprint density at radius 2 is 1.92 bits per heavy atom. The van der Waals surface area contributed by atoms with Crippen molar-refractivity contribution < 1.29 is 4.79 Å². The number of rotatable bonds is 3. The van der Waals surface area contributed by atoms with Crippen molar-refractivity contribution in [3.05, 3.63) is 29.8 Å². The Balaban J connectivity index is 1.54. The summed E-state index contributed by atoms with van der Waals surface area (Å²) in [6.07, 6.45) is 3.57. The molecule has 5 nitrogen and oxygen atoms in total. The molecule has 134 valence electrons. The Morgan fingerprint density at radius 1 is 1.12 bits per heavy atom. The first-order valence-corrected chi connectivity index (χ1v) is 9.38. The van der Waals surface area contributed by atoms with E-state index in [1.165, 1.54) is 18.5 Å². The summed E-state index contributed by atoms with van der Waals surface area (Å²) in [6.45, 7) is 8.82. The van der Waals surface area contributed by atoms with Crippen molar-refractivity contribution in [1.29, 1.82) is 5.26 Å². The number of benzene rings is 1. The van der Waals surface area contributed by atoms with Crippen LogP contribution < -0.4 is 4.90 Å². The number of nitriles is 1. The van der Waals surface area contributed by atoms with E-state index in [1.54, 1.807) is 6.92 Å². The summed E-state index contributed by atoms with van der Waals surface area (Å²) in [6, 6.07) is 10.1. The van der Waals surface area contributed by atoms with Gasteiger partial charge in [0.05, 0.1) is 11.6 Å². The summed E-state index contributed by atoms with van der Waals surface area (Å²) < 4.78 is 0. The van der Waals surface area contributed by atoms with Crippen molar-refractivity contribution in [2.75, 3.05) is 50.7 Å². The van der Waals surface area contributed by atoms with Crippen LogP contribution in [0.4, 0.5) is 5.69 Å². The zero-order valence-corrected chi connectivity index (χ0v) is 15.2. The average molecular weight is 340 g/mol. The summed E-state index contributed by atoms with van der Waals surface area (Å²) >= 11 is 0. The van der Waals surface area contributed by atoms with E-state index < -0.39 is 0 Å². The molecule has 1 aromatic carbocycles. The van der Waals surface area contributed by atoms with Crippen molar-refractivity contribution in [2.45, 2.75) is 26.2 Å². The van der Waals surface area contributed by atoms with Crippen molar-refractivity contribution in [1.82, 2.24) is 9.80 Å². The lowest BCUT2D eigenvalue weighted by Gasteiger charge is -2.36. The lowest BCUT2D eigenvalue weighted by Crippen LogP contribution is -2.42. The topological polar surface area (TPSA) is 50.6 Å². The van der Waals surface area contributed by atoms with Gasteiger partial charge in [0.15, 0.2) is 0 Å². The van der Waals surface area contributed by atoms with E-state index in [0.29, 0.717) is 5.92 Å². The van der Waals surface area contributed by atoms with E-state index >= 15 is 0 Å². The van der Waals surface area contributed by atoms with Gasteiger partial charge in [0.25, 0.3) is 0 Å². The minimum absolute atomic E-state index is 0.200. The maximum atomic E-state index is 11.6. The predicted octanol–water partition coefficient (Wildman–Crippen LogP) is 2.33. The summed E-state index contributed by atoms with van der Waals surface area (Å²) in [5.74, 6) is 0.875. The van der Waals surface area contributed by atoms with E-state index in [-0.39, 0.29) is 5.91 Å². The molecule has 0 aromatic heterocycles. The Morgan fingerprint density at radius 3 is 2.64 bits per heavy atom. The molecule has 0 spiro atoms. The third kappa shape index (κ3) is 4.73. The molecule has 0 unspecified atom stereocenters. The third-order valence-electron chi connectivity index (χ3n) is 5.43. The molecule has 2 fully saturated rings. The Kier molecular flexibility index (Phi) is 5.93. The molecule has 1 amide bonds. The summed E-state index contributed by atoms with van der Waals surface area (Å²) in [5, 5.41) is 8.95. The molecule has 0 radical (unpaired) electrons. The van der Waals surface area contributed by atoms with Crippen LogP contribution in [0.25, 0.3) is 0 Å². The Hall–Kier alpha value is -2.06. The quantitative estimate of drug-likeness (QED) is 0.847. The molecule has 2 aliphatic heterocycles. The van der Waals surface area contributed by atoms with Gasteiger partial charge in [-0.1, -0.05) is 0 Å². The van der Waals surface area contributed by atoms with Crippen LogP contribution in [0.1, 0.15) is 31.7 Å². The number of hydrogen-bond acceptors (Lipinski definition) is 4. The van der Waals surface area contributed by atoms with Gasteiger partial charge < -0.3 is 14.7 Å². The molecule has 5 heteroatoms. The van der Waals surface area contributed by atoms with Gasteiger partial charge in [-0.25, -0.2) is 0 Å².